The molecular weight excluding hydrogens is 194 g/mol. The first-order chi connectivity index (χ1) is 7.08. The molecule has 0 aromatic carbocycles. The van der Waals surface area contributed by atoms with Gasteiger partial charge in [-0.25, -0.2) is 9.97 Å². The quantitative estimate of drug-likeness (QED) is 0.725. The molecule has 1 aromatic rings. The van der Waals surface area contributed by atoms with Gasteiger partial charge in [-0.15, -0.1) is 0 Å². The minimum atomic E-state index is -0.319. The van der Waals surface area contributed by atoms with E-state index in [9.17, 15) is 4.79 Å². The van der Waals surface area contributed by atoms with Crippen molar-refractivity contribution in [3.63, 3.8) is 0 Å². The van der Waals surface area contributed by atoms with Gasteiger partial charge >= 0.3 is 6.01 Å². The van der Waals surface area contributed by atoms with Gasteiger partial charge < -0.3 is 10.5 Å². The minimum Gasteiger partial charge on any atom is -0.463 e. The van der Waals surface area contributed by atoms with E-state index < -0.39 is 0 Å². The second-order valence-electron chi connectivity index (χ2n) is 3.35. The van der Waals surface area contributed by atoms with E-state index in [4.69, 9.17) is 10.5 Å². The Morgan fingerprint density at radius 3 is 2.53 bits per heavy atom. The summed E-state index contributed by atoms with van der Waals surface area (Å²) in [5, 5.41) is 0. The van der Waals surface area contributed by atoms with Crippen LogP contribution in [0.2, 0.25) is 0 Å². The molecule has 15 heavy (non-hydrogen) atoms. The van der Waals surface area contributed by atoms with Crippen molar-refractivity contribution in [2.45, 2.75) is 26.7 Å². The van der Waals surface area contributed by atoms with E-state index in [0.29, 0.717) is 25.5 Å². The molecule has 1 aromatic heterocycles. The van der Waals surface area contributed by atoms with Gasteiger partial charge in [0.15, 0.2) is 0 Å². The van der Waals surface area contributed by atoms with Crippen LogP contribution in [-0.2, 0) is 4.79 Å². The van der Waals surface area contributed by atoms with Crippen molar-refractivity contribution >= 4 is 5.91 Å². The van der Waals surface area contributed by atoms with Gasteiger partial charge in [-0.1, -0.05) is 0 Å². The van der Waals surface area contributed by atoms with Crippen molar-refractivity contribution in [1.82, 2.24) is 9.97 Å². The number of carbonyl (C=O) groups excluding carboxylic acids is 1. The molecule has 82 valence electrons. The highest BCUT2D eigenvalue weighted by Crippen LogP contribution is 2.06. The van der Waals surface area contributed by atoms with Gasteiger partial charge in [0, 0.05) is 17.8 Å². The molecule has 1 heterocycles. The topological polar surface area (TPSA) is 78.1 Å². The largest absolute Gasteiger partial charge is 0.463 e. The number of amides is 1. The molecule has 5 nitrogen and oxygen atoms in total. The molecule has 1 rings (SSSR count). The average Bonchev–Trinajstić information content (AvgIpc) is 2.10. The molecule has 0 aliphatic rings. The number of hydrogen-bond acceptors (Lipinski definition) is 4. The van der Waals surface area contributed by atoms with E-state index in [2.05, 4.69) is 9.97 Å². The van der Waals surface area contributed by atoms with Crippen LogP contribution in [0.4, 0.5) is 0 Å². The number of nitrogens with two attached hydrogens (primary N) is 1. The number of carbonyl (C=O) groups is 1. The fourth-order valence-electron chi connectivity index (χ4n) is 1.17. The Labute approximate surface area is 88.7 Å². The van der Waals surface area contributed by atoms with E-state index >= 15 is 0 Å². The minimum absolute atomic E-state index is 0.319. The van der Waals surface area contributed by atoms with Crippen LogP contribution >= 0.6 is 0 Å². The first kappa shape index (κ1) is 11.4. The summed E-state index contributed by atoms with van der Waals surface area (Å²) in [6, 6.07) is 2.23. The molecule has 0 fully saturated rings. The first-order valence-corrected chi connectivity index (χ1v) is 4.81. The van der Waals surface area contributed by atoms with E-state index in [1.807, 2.05) is 19.9 Å². The SMILES string of the molecule is Cc1cc(C)nc(OCCCC(N)=O)n1. The van der Waals surface area contributed by atoms with Gasteiger partial charge in [-0.05, 0) is 26.3 Å². The highest BCUT2D eigenvalue weighted by molar-refractivity contribution is 5.73. The Hall–Kier alpha value is -1.65. The molecule has 0 saturated heterocycles. The maximum atomic E-state index is 10.5. The van der Waals surface area contributed by atoms with E-state index in [1.165, 1.54) is 0 Å². The number of ether oxygens (including phenoxy) is 1. The normalized spacial score (nSPS) is 10.0. The Morgan fingerprint density at radius 1 is 1.40 bits per heavy atom. The van der Waals surface area contributed by atoms with Crippen LogP contribution < -0.4 is 10.5 Å². The fourth-order valence-corrected chi connectivity index (χ4v) is 1.17. The maximum absolute atomic E-state index is 10.5. The fraction of sp³-hybridized carbons (Fsp3) is 0.500. The molecule has 0 aliphatic heterocycles. The molecule has 0 saturated carbocycles. The summed E-state index contributed by atoms with van der Waals surface area (Å²) in [6.45, 7) is 4.17. The van der Waals surface area contributed by atoms with Gasteiger partial charge in [0.1, 0.15) is 0 Å². The van der Waals surface area contributed by atoms with Gasteiger partial charge in [-0.2, -0.15) is 0 Å². The van der Waals surface area contributed by atoms with Crippen LogP contribution in [0.3, 0.4) is 0 Å². The lowest BCUT2D eigenvalue weighted by atomic mass is 10.3. The molecule has 1 amide bonds. The summed E-state index contributed by atoms with van der Waals surface area (Å²) in [5.74, 6) is -0.319. The summed E-state index contributed by atoms with van der Waals surface area (Å²) in [7, 11) is 0. The molecule has 0 aliphatic carbocycles. The molecule has 2 N–H and O–H groups in total. The number of aromatic nitrogens is 2. The third-order valence-corrected chi connectivity index (χ3v) is 1.76. The summed E-state index contributed by atoms with van der Waals surface area (Å²) in [6.07, 6.45) is 0.913. The zero-order valence-electron chi connectivity index (χ0n) is 8.99. The molecule has 0 radical (unpaired) electrons. The lowest BCUT2D eigenvalue weighted by Gasteiger charge is -2.04. The zero-order valence-corrected chi connectivity index (χ0v) is 8.99. The number of aryl methyl sites for hydroxylation is 2. The van der Waals surface area contributed by atoms with Crippen LogP contribution in [-0.4, -0.2) is 22.5 Å². The number of primary amides is 1. The van der Waals surface area contributed by atoms with Crippen molar-refractivity contribution in [3.8, 4) is 6.01 Å². The standard InChI is InChI=1S/C10H15N3O2/c1-7-6-8(2)13-10(12-7)15-5-3-4-9(11)14/h6H,3-5H2,1-2H3,(H2,11,14). The monoisotopic (exact) mass is 209 g/mol. The summed E-state index contributed by atoms with van der Waals surface area (Å²) in [4.78, 5) is 18.7. The predicted molar refractivity (Wildman–Crippen MR) is 55.4 cm³/mol. The van der Waals surface area contributed by atoms with E-state index in [-0.39, 0.29) is 5.91 Å². The third-order valence-electron chi connectivity index (χ3n) is 1.76. The van der Waals surface area contributed by atoms with Crippen LogP contribution in [0.25, 0.3) is 0 Å². The summed E-state index contributed by atoms with van der Waals surface area (Å²) < 4.78 is 5.29. The molecule has 0 atom stereocenters. The second kappa shape index (κ2) is 5.29. The Balaban J connectivity index is 2.40. The van der Waals surface area contributed by atoms with Crippen molar-refractivity contribution in [3.05, 3.63) is 17.5 Å². The van der Waals surface area contributed by atoms with Gasteiger partial charge in [0.2, 0.25) is 5.91 Å². The lowest BCUT2D eigenvalue weighted by Crippen LogP contribution is -2.12. The van der Waals surface area contributed by atoms with Crippen LogP contribution in [0, 0.1) is 13.8 Å². The second-order valence-corrected chi connectivity index (χ2v) is 3.35. The molecule has 0 unspecified atom stereocenters. The van der Waals surface area contributed by atoms with Crippen molar-refractivity contribution in [1.29, 1.82) is 0 Å². The summed E-state index contributed by atoms with van der Waals surface area (Å²) in [5.41, 5.74) is 6.73. The van der Waals surface area contributed by atoms with Gasteiger partial charge in [-0.3, -0.25) is 4.79 Å². The van der Waals surface area contributed by atoms with E-state index in [1.54, 1.807) is 0 Å². The average molecular weight is 209 g/mol. The smallest absolute Gasteiger partial charge is 0.316 e. The first-order valence-electron chi connectivity index (χ1n) is 4.81. The summed E-state index contributed by atoms with van der Waals surface area (Å²) >= 11 is 0. The Kier molecular flexibility index (Phi) is 4.03. The number of rotatable bonds is 5. The van der Waals surface area contributed by atoms with Crippen molar-refractivity contribution in [2.24, 2.45) is 5.73 Å². The van der Waals surface area contributed by atoms with Crippen molar-refractivity contribution < 1.29 is 9.53 Å². The predicted octanol–water partition coefficient (Wildman–Crippen LogP) is 0.738. The molecule has 0 spiro atoms. The van der Waals surface area contributed by atoms with E-state index in [0.717, 1.165) is 11.4 Å². The van der Waals surface area contributed by atoms with Gasteiger partial charge in [0.25, 0.3) is 0 Å². The highest BCUT2D eigenvalue weighted by atomic mass is 16.5. The molecule has 5 heteroatoms. The van der Waals surface area contributed by atoms with Crippen LogP contribution in [0.1, 0.15) is 24.2 Å². The zero-order chi connectivity index (χ0) is 11.3. The van der Waals surface area contributed by atoms with Gasteiger partial charge in [0.05, 0.1) is 6.61 Å². The van der Waals surface area contributed by atoms with Crippen LogP contribution in [0.15, 0.2) is 6.07 Å². The number of hydrogen-bond donors (Lipinski definition) is 1. The van der Waals surface area contributed by atoms with Crippen LogP contribution in [0.5, 0.6) is 6.01 Å². The third kappa shape index (κ3) is 4.39. The lowest BCUT2D eigenvalue weighted by molar-refractivity contribution is -0.118. The molecular formula is C10H15N3O2. The Bertz CT molecular complexity index is 332. The Morgan fingerprint density at radius 2 is 2.00 bits per heavy atom. The maximum Gasteiger partial charge on any atom is 0.316 e. The highest BCUT2D eigenvalue weighted by Gasteiger charge is 2.01. The molecule has 0 bridgehead atoms. The number of nitrogens with zero attached hydrogens (tertiary/aromatic N) is 2. The van der Waals surface area contributed by atoms with Crippen molar-refractivity contribution in [2.75, 3.05) is 6.61 Å².